The fourth-order valence-electron chi connectivity index (χ4n) is 1.11. The number of anilines is 1. The highest BCUT2D eigenvalue weighted by Gasteiger charge is 2.08. The van der Waals surface area contributed by atoms with Gasteiger partial charge in [-0.15, -0.1) is 0 Å². The topological polar surface area (TPSA) is 99.2 Å². The molecule has 0 unspecified atom stereocenters. The summed E-state index contributed by atoms with van der Waals surface area (Å²) in [4.78, 5) is 22.4. The normalized spacial score (nSPS) is 9.94. The maximum Gasteiger partial charge on any atom is 0.328 e. The lowest BCUT2D eigenvalue weighted by molar-refractivity contribution is -0.149. The maximum absolute atomic E-state index is 11.3. The van der Waals surface area contributed by atoms with Crippen molar-refractivity contribution in [3.8, 4) is 0 Å². The Morgan fingerprint density at radius 1 is 1.59 bits per heavy atom. The van der Waals surface area contributed by atoms with Crippen LogP contribution in [-0.4, -0.2) is 34.8 Å². The second kappa shape index (κ2) is 6.51. The van der Waals surface area contributed by atoms with Gasteiger partial charge in [0.25, 0.3) is 5.91 Å². The third-order valence-corrected chi connectivity index (χ3v) is 1.88. The van der Waals surface area contributed by atoms with E-state index in [1.807, 2.05) is 6.92 Å². The van der Waals surface area contributed by atoms with E-state index in [1.54, 1.807) is 0 Å². The summed E-state index contributed by atoms with van der Waals surface area (Å²) in [6, 6.07) is 0. The first-order valence-corrected chi connectivity index (χ1v) is 5.32. The van der Waals surface area contributed by atoms with Gasteiger partial charge < -0.3 is 15.8 Å². The Labute approximate surface area is 98.9 Å². The number of nitrogens with zero attached hydrogens (tertiary/aromatic N) is 2. The first-order valence-electron chi connectivity index (χ1n) is 5.32. The Kier molecular flexibility index (Phi) is 4.99. The molecule has 0 saturated heterocycles. The third kappa shape index (κ3) is 5.01. The summed E-state index contributed by atoms with van der Waals surface area (Å²) in [7, 11) is 0. The first-order chi connectivity index (χ1) is 8.11. The van der Waals surface area contributed by atoms with Crippen molar-refractivity contribution in [2.75, 3.05) is 18.9 Å². The van der Waals surface area contributed by atoms with Crippen molar-refractivity contribution in [3.05, 3.63) is 12.4 Å². The number of ether oxygens (including phenoxy) is 1. The summed E-state index contributed by atoms with van der Waals surface area (Å²) in [6.07, 6.45) is 3.78. The Morgan fingerprint density at radius 2 is 2.35 bits per heavy atom. The lowest BCUT2D eigenvalue weighted by Crippen LogP contribution is -2.30. The van der Waals surface area contributed by atoms with Crippen LogP contribution in [0.1, 0.15) is 13.3 Å². The van der Waals surface area contributed by atoms with Gasteiger partial charge in [-0.1, -0.05) is 6.92 Å². The van der Waals surface area contributed by atoms with E-state index in [4.69, 9.17) is 10.5 Å². The Morgan fingerprint density at radius 3 is 2.94 bits per heavy atom. The molecule has 1 heterocycles. The van der Waals surface area contributed by atoms with Crippen molar-refractivity contribution in [3.63, 3.8) is 0 Å². The standard InChI is InChI=1S/C10H16N4O3/c1-2-3-12-9(15)7-17-10(16)6-14-5-8(11)4-13-14/h4-5H,2-3,6-7,11H2,1H3,(H,12,15). The molecule has 17 heavy (non-hydrogen) atoms. The third-order valence-electron chi connectivity index (χ3n) is 1.88. The number of hydrogen-bond donors (Lipinski definition) is 2. The van der Waals surface area contributed by atoms with Crippen molar-refractivity contribution < 1.29 is 14.3 Å². The largest absolute Gasteiger partial charge is 0.454 e. The summed E-state index contributed by atoms with van der Waals surface area (Å²) < 4.78 is 6.11. The lowest BCUT2D eigenvalue weighted by Gasteiger charge is -2.05. The summed E-state index contributed by atoms with van der Waals surface area (Å²) in [5.74, 6) is -0.833. The summed E-state index contributed by atoms with van der Waals surface area (Å²) in [6.45, 7) is 2.19. The zero-order chi connectivity index (χ0) is 12.7. The summed E-state index contributed by atoms with van der Waals surface area (Å²) >= 11 is 0. The number of aromatic nitrogens is 2. The van der Waals surface area contributed by atoms with E-state index >= 15 is 0 Å². The SMILES string of the molecule is CCCNC(=O)COC(=O)Cn1cc(N)cn1. The lowest BCUT2D eigenvalue weighted by atomic mass is 10.5. The van der Waals surface area contributed by atoms with Gasteiger partial charge in [-0.25, -0.2) is 0 Å². The molecule has 0 radical (unpaired) electrons. The molecule has 0 aliphatic heterocycles. The van der Waals surface area contributed by atoms with E-state index in [-0.39, 0.29) is 19.1 Å². The number of nitrogens with one attached hydrogen (secondary N) is 1. The fourth-order valence-corrected chi connectivity index (χ4v) is 1.11. The maximum atomic E-state index is 11.3. The molecule has 1 aromatic heterocycles. The van der Waals surface area contributed by atoms with Crippen LogP contribution in [-0.2, 0) is 20.9 Å². The van der Waals surface area contributed by atoms with E-state index < -0.39 is 5.97 Å². The van der Waals surface area contributed by atoms with Gasteiger partial charge in [0.2, 0.25) is 0 Å². The fraction of sp³-hybridized carbons (Fsp3) is 0.500. The Hall–Kier alpha value is -2.05. The average Bonchev–Trinajstić information content (AvgIpc) is 2.69. The number of carbonyl (C=O) groups excluding carboxylic acids is 2. The molecule has 0 saturated carbocycles. The first kappa shape index (κ1) is 13.0. The highest BCUT2D eigenvalue weighted by atomic mass is 16.5. The van der Waals surface area contributed by atoms with E-state index in [0.717, 1.165) is 6.42 Å². The van der Waals surface area contributed by atoms with Gasteiger partial charge in [-0.05, 0) is 6.42 Å². The minimum absolute atomic E-state index is 0.0573. The monoisotopic (exact) mass is 240 g/mol. The van der Waals surface area contributed by atoms with Gasteiger partial charge in [-0.3, -0.25) is 14.3 Å². The molecule has 0 aliphatic rings. The molecule has 94 valence electrons. The molecule has 0 bridgehead atoms. The smallest absolute Gasteiger partial charge is 0.328 e. The van der Waals surface area contributed by atoms with Gasteiger partial charge >= 0.3 is 5.97 Å². The van der Waals surface area contributed by atoms with Crippen LogP contribution in [0, 0.1) is 0 Å². The Balaban J connectivity index is 2.23. The number of nitrogens with two attached hydrogens (primary N) is 1. The number of amides is 1. The van der Waals surface area contributed by atoms with Crippen LogP contribution in [0.3, 0.4) is 0 Å². The predicted molar refractivity (Wildman–Crippen MR) is 60.9 cm³/mol. The van der Waals surface area contributed by atoms with Crippen LogP contribution in [0.15, 0.2) is 12.4 Å². The highest BCUT2D eigenvalue weighted by molar-refractivity contribution is 5.80. The molecule has 0 spiro atoms. The molecule has 1 amide bonds. The number of rotatable bonds is 6. The number of carbonyl (C=O) groups is 2. The van der Waals surface area contributed by atoms with Crippen LogP contribution in [0.4, 0.5) is 5.69 Å². The Bertz CT molecular complexity index is 389. The van der Waals surface area contributed by atoms with E-state index in [2.05, 4.69) is 10.4 Å². The molecule has 0 aliphatic carbocycles. The molecule has 7 heteroatoms. The summed E-state index contributed by atoms with van der Waals surface area (Å²) in [5, 5.41) is 6.42. The van der Waals surface area contributed by atoms with Gasteiger partial charge in [-0.2, -0.15) is 5.10 Å². The minimum Gasteiger partial charge on any atom is -0.454 e. The zero-order valence-electron chi connectivity index (χ0n) is 9.68. The van der Waals surface area contributed by atoms with Crippen LogP contribution in [0.25, 0.3) is 0 Å². The molecule has 0 fully saturated rings. The van der Waals surface area contributed by atoms with Gasteiger partial charge in [0.1, 0.15) is 6.54 Å². The second-order valence-corrected chi connectivity index (χ2v) is 3.48. The van der Waals surface area contributed by atoms with Gasteiger partial charge in [0, 0.05) is 12.7 Å². The van der Waals surface area contributed by atoms with Crippen LogP contribution < -0.4 is 11.1 Å². The molecule has 0 aromatic carbocycles. The van der Waals surface area contributed by atoms with Gasteiger partial charge in [0.05, 0.1) is 11.9 Å². The van der Waals surface area contributed by atoms with Gasteiger partial charge in [0.15, 0.2) is 6.61 Å². The summed E-state index contributed by atoms with van der Waals surface area (Å²) in [5.41, 5.74) is 5.90. The minimum atomic E-state index is -0.528. The molecule has 1 rings (SSSR count). The second-order valence-electron chi connectivity index (χ2n) is 3.48. The van der Waals surface area contributed by atoms with Crippen molar-refractivity contribution >= 4 is 17.6 Å². The quantitative estimate of drug-likeness (QED) is 0.655. The number of hydrogen-bond acceptors (Lipinski definition) is 5. The molecule has 1 aromatic rings. The zero-order valence-corrected chi connectivity index (χ0v) is 9.68. The number of nitrogen functional groups attached to an aromatic ring is 1. The molecule has 0 atom stereocenters. The molecular formula is C10H16N4O3. The van der Waals surface area contributed by atoms with Crippen molar-refractivity contribution in [1.29, 1.82) is 0 Å². The van der Waals surface area contributed by atoms with E-state index in [0.29, 0.717) is 12.2 Å². The number of esters is 1. The average molecular weight is 240 g/mol. The highest BCUT2D eigenvalue weighted by Crippen LogP contribution is 1.97. The molecular weight excluding hydrogens is 224 g/mol. The van der Waals surface area contributed by atoms with Crippen molar-refractivity contribution in [1.82, 2.24) is 15.1 Å². The van der Waals surface area contributed by atoms with Crippen LogP contribution >= 0.6 is 0 Å². The molecule has 3 N–H and O–H groups in total. The van der Waals surface area contributed by atoms with E-state index in [9.17, 15) is 9.59 Å². The predicted octanol–water partition coefficient (Wildman–Crippen LogP) is -0.465. The van der Waals surface area contributed by atoms with E-state index in [1.165, 1.54) is 17.1 Å². The van der Waals surface area contributed by atoms with Crippen LogP contribution in [0.5, 0.6) is 0 Å². The molecule has 7 nitrogen and oxygen atoms in total. The van der Waals surface area contributed by atoms with Crippen molar-refractivity contribution in [2.24, 2.45) is 0 Å². The van der Waals surface area contributed by atoms with Crippen molar-refractivity contribution in [2.45, 2.75) is 19.9 Å². The van der Waals surface area contributed by atoms with Crippen LogP contribution in [0.2, 0.25) is 0 Å².